The summed E-state index contributed by atoms with van der Waals surface area (Å²) in [6.45, 7) is 0. The van der Waals surface area contributed by atoms with Crippen LogP contribution in [0, 0.1) is 0 Å². The number of allylic oxidation sites excluding steroid dienone is 4. The van der Waals surface area contributed by atoms with Crippen molar-refractivity contribution >= 4 is 40.3 Å². The summed E-state index contributed by atoms with van der Waals surface area (Å²) < 4.78 is 26.9. The van der Waals surface area contributed by atoms with E-state index in [9.17, 15) is 13.7 Å². The molecule has 1 aromatic rings. The van der Waals surface area contributed by atoms with Crippen molar-refractivity contribution < 1.29 is 8.87 Å². The maximum atomic E-state index is 13.1. The maximum Gasteiger partial charge on any atom is 0.376 e. The maximum absolute atomic E-state index is 13.1. The first-order valence-corrected chi connectivity index (χ1v) is 5.95. The lowest BCUT2D eigenvalue weighted by Gasteiger charge is -2.17. The SMILES string of the molecule is O=c1n(F)nc(C(Cl)Cl)n1C1C=CC(F)=CC1=S. The van der Waals surface area contributed by atoms with Gasteiger partial charge in [-0.15, -0.1) is 5.10 Å². The molecular weight excluding hydrogens is 307 g/mol. The number of hydrogen-bond donors (Lipinski definition) is 0. The van der Waals surface area contributed by atoms with Crippen molar-refractivity contribution in [1.29, 1.82) is 0 Å². The first-order chi connectivity index (χ1) is 8.41. The number of thiocarbonyl (C=S) groups is 1. The van der Waals surface area contributed by atoms with E-state index in [1.165, 1.54) is 6.08 Å². The van der Waals surface area contributed by atoms with E-state index in [1.807, 2.05) is 0 Å². The molecule has 1 atom stereocenters. The molecule has 1 unspecified atom stereocenters. The fourth-order valence-corrected chi connectivity index (χ4v) is 2.13. The minimum atomic E-state index is -1.21. The van der Waals surface area contributed by atoms with Gasteiger partial charge in [-0.25, -0.2) is 9.18 Å². The van der Waals surface area contributed by atoms with Crippen LogP contribution in [0.15, 0.2) is 28.8 Å². The van der Waals surface area contributed by atoms with Gasteiger partial charge < -0.3 is 0 Å². The Morgan fingerprint density at radius 1 is 1.50 bits per heavy atom. The molecule has 0 saturated carbocycles. The Hall–Kier alpha value is -1.05. The van der Waals surface area contributed by atoms with Crippen molar-refractivity contribution in [2.24, 2.45) is 0 Å². The predicted molar refractivity (Wildman–Crippen MR) is 67.4 cm³/mol. The van der Waals surface area contributed by atoms with Crippen LogP contribution in [0.2, 0.25) is 0 Å². The zero-order valence-electron chi connectivity index (χ0n) is 8.56. The number of nitrogens with zero attached hydrogens (tertiary/aromatic N) is 3. The molecule has 9 heteroatoms. The summed E-state index contributed by atoms with van der Waals surface area (Å²) in [7, 11) is 0. The van der Waals surface area contributed by atoms with Gasteiger partial charge in [0.05, 0.1) is 6.04 Å². The summed E-state index contributed by atoms with van der Waals surface area (Å²) >= 11 is 16.1. The average molecular weight is 312 g/mol. The summed E-state index contributed by atoms with van der Waals surface area (Å²) in [5.74, 6) is -0.745. The van der Waals surface area contributed by atoms with Crippen LogP contribution < -0.4 is 5.69 Å². The minimum Gasteiger partial charge on any atom is -0.262 e. The number of aromatic nitrogens is 3. The smallest absolute Gasteiger partial charge is 0.262 e. The molecule has 0 fully saturated rings. The molecule has 0 radical (unpaired) electrons. The Morgan fingerprint density at radius 2 is 2.17 bits per heavy atom. The van der Waals surface area contributed by atoms with Crippen LogP contribution in [0.1, 0.15) is 16.7 Å². The Bertz CT molecular complexity index is 620. The van der Waals surface area contributed by atoms with Crippen molar-refractivity contribution in [3.05, 3.63) is 40.4 Å². The van der Waals surface area contributed by atoms with Gasteiger partial charge >= 0.3 is 5.69 Å². The zero-order chi connectivity index (χ0) is 13.4. The van der Waals surface area contributed by atoms with E-state index in [0.29, 0.717) is 0 Å². The molecular formula is C9H5Cl2F2N3OS. The van der Waals surface area contributed by atoms with Gasteiger partial charge in [-0.3, -0.25) is 4.57 Å². The van der Waals surface area contributed by atoms with Gasteiger partial charge in [0.2, 0.25) is 0 Å². The zero-order valence-corrected chi connectivity index (χ0v) is 10.9. The molecule has 0 N–H and O–H groups in total. The normalized spacial score (nSPS) is 19.5. The van der Waals surface area contributed by atoms with Gasteiger partial charge in [-0.2, -0.15) is 0 Å². The number of halogens is 4. The van der Waals surface area contributed by atoms with Crippen LogP contribution in [0.4, 0.5) is 8.87 Å². The third kappa shape index (κ3) is 2.25. The quantitative estimate of drug-likeness (QED) is 0.622. The summed E-state index contributed by atoms with van der Waals surface area (Å²) in [6, 6.07) is -0.841. The van der Waals surface area contributed by atoms with Gasteiger partial charge in [-0.1, -0.05) is 46.0 Å². The van der Waals surface area contributed by atoms with Crippen molar-refractivity contribution in [3.8, 4) is 0 Å². The van der Waals surface area contributed by atoms with Gasteiger partial charge in [0, 0.05) is 4.86 Å². The van der Waals surface area contributed by atoms with Crippen molar-refractivity contribution in [2.45, 2.75) is 10.9 Å². The molecule has 0 amide bonds. The van der Waals surface area contributed by atoms with Crippen LogP contribution >= 0.6 is 35.4 Å². The van der Waals surface area contributed by atoms with Gasteiger partial charge in [0.15, 0.2) is 10.7 Å². The molecule has 1 aromatic heterocycles. The van der Waals surface area contributed by atoms with E-state index in [0.717, 1.165) is 16.7 Å². The molecule has 1 aliphatic carbocycles. The summed E-state index contributed by atoms with van der Waals surface area (Å²) in [4.78, 5) is 10.1. The lowest BCUT2D eigenvalue weighted by molar-refractivity contribution is 0.297. The summed E-state index contributed by atoms with van der Waals surface area (Å²) in [5, 5.41) is 3.27. The second-order valence-electron chi connectivity index (χ2n) is 3.41. The fraction of sp³-hybridized carbons (Fsp3) is 0.222. The molecule has 96 valence electrons. The van der Waals surface area contributed by atoms with Gasteiger partial charge in [0.1, 0.15) is 5.83 Å². The van der Waals surface area contributed by atoms with E-state index < -0.39 is 27.3 Å². The van der Waals surface area contributed by atoms with Gasteiger partial charge in [0.25, 0.3) is 0 Å². The van der Waals surface area contributed by atoms with Crippen molar-refractivity contribution in [2.75, 3.05) is 0 Å². The second kappa shape index (κ2) is 4.91. The highest BCUT2D eigenvalue weighted by Crippen LogP contribution is 2.27. The van der Waals surface area contributed by atoms with Crippen molar-refractivity contribution in [1.82, 2.24) is 14.6 Å². The molecule has 0 aromatic carbocycles. The number of hydrogen-bond acceptors (Lipinski definition) is 3. The van der Waals surface area contributed by atoms with Crippen LogP contribution in [0.25, 0.3) is 0 Å². The first kappa shape index (κ1) is 13.4. The van der Waals surface area contributed by atoms with E-state index in [1.54, 1.807) is 0 Å². The highest BCUT2D eigenvalue weighted by Gasteiger charge is 2.27. The Labute approximate surface area is 115 Å². The largest absolute Gasteiger partial charge is 0.376 e. The topological polar surface area (TPSA) is 39.8 Å². The lowest BCUT2D eigenvalue weighted by atomic mass is 10.1. The van der Waals surface area contributed by atoms with E-state index in [-0.39, 0.29) is 10.7 Å². The average Bonchev–Trinajstić information content (AvgIpc) is 2.57. The van der Waals surface area contributed by atoms with E-state index >= 15 is 0 Å². The van der Waals surface area contributed by atoms with Crippen LogP contribution in [0.5, 0.6) is 0 Å². The molecule has 2 rings (SSSR count). The molecule has 0 bridgehead atoms. The summed E-state index contributed by atoms with van der Waals surface area (Å²) in [5.41, 5.74) is -1.08. The minimum absolute atomic E-state index is 0.0975. The number of rotatable bonds is 2. The first-order valence-electron chi connectivity index (χ1n) is 4.67. The Morgan fingerprint density at radius 3 is 2.72 bits per heavy atom. The number of alkyl halides is 2. The third-order valence-electron chi connectivity index (χ3n) is 2.28. The fourth-order valence-electron chi connectivity index (χ4n) is 1.54. The molecule has 1 aliphatic rings. The highest BCUT2D eigenvalue weighted by atomic mass is 35.5. The molecule has 18 heavy (non-hydrogen) atoms. The molecule has 0 saturated heterocycles. The molecule has 4 nitrogen and oxygen atoms in total. The monoisotopic (exact) mass is 311 g/mol. The lowest BCUT2D eigenvalue weighted by Crippen LogP contribution is -2.29. The van der Waals surface area contributed by atoms with Crippen LogP contribution in [-0.4, -0.2) is 19.4 Å². The predicted octanol–water partition coefficient (Wildman–Crippen LogP) is 2.59. The summed E-state index contributed by atoms with van der Waals surface area (Å²) in [6.07, 6.45) is 3.48. The Kier molecular flexibility index (Phi) is 3.65. The Balaban J connectivity index is 2.56. The van der Waals surface area contributed by atoms with Crippen molar-refractivity contribution in [3.63, 3.8) is 0 Å². The van der Waals surface area contributed by atoms with E-state index in [4.69, 9.17) is 35.4 Å². The van der Waals surface area contributed by atoms with Gasteiger partial charge in [-0.05, 0) is 17.1 Å². The van der Waals surface area contributed by atoms with Crippen LogP contribution in [-0.2, 0) is 0 Å². The van der Waals surface area contributed by atoms with E-state index in [2.05, 4.69) is 5.10 Å². The molecule has 1 heterocycles. The standard InChI is InChI=1S/C9H5Cl2F2N3OS/c10-7(11)8-14-16(13)9(17)15(8)5-2-1-4(12)3-6(5)18/h1-3,5,7H. The van der Waals surface area contributed by atoms with Crippen LogP contribution in [0.3, 0.4) is 0 Å². The highest BCUT2D eigenvalue weighted by molar-refractivity contribution is 7.80. The molecule has 0 aliphatic heterocycles. The third-order valence-corrected chi connectivity index (χ3v) is 3.03. The molecule has 0 spiro atoms. The second-order valence-corrected chi connectivity index (χ2v) is 4.97.